The minimum Gasteiger partial charge on any atom is -0.482 e. The van der Waals surface area contributed by atoms with Crippen LogP contribution < -0.4 is 30.2 Å². The molecule has 9 N–H and O–H groups in total. The third-order valence-corrected chi connectivity index (χ3v) is 16.4. The summed E-state index contributed by atoms with van der Waals surface area (Å²) in [6, 6.07) is 14.0. The second-order valence-electron chi connectivity index (χ2n) is 20.5. The van der Waals surface area contributed by atoms with Gasteiger partial charge in [-0.15, -0.1) is 34.0 Å². The van der Waals surface area contributed by atoms with E-state index in [0.29, 0.717) is 67.2 Å². The molecule has 84 heavy (non-hydrogen) atoms. The number of nitrogens with one attached hydrogen (secondary N) is 3. The number of ether oxygens (including phenoxy) is 3. The Balaban J connectivity index is 0.000000140. The van der Waals surface area contributed by atoms with Crippen LogP contribution in [0.4, 0.5) is 32.8 Å². The van der Waals surface area contributed by atoms with Crippen molar-refractivity contribution in [2.75, 3.05) is 35.8 Å². The van der Waals surface area contributed by atoms with Crippen molar-refractivity contribution < 1.29 is 44.8 Å². The van der Waals surface area contributed by atoms with Gasteiger partial charge in [0, 0.05) is 71.3 Å². The average molecular weight is 1200 g/mol. The van der Waals surface area contributed by atoms with Gasteiger partial charge in [0.15, 0.2) is 50.1 Å². The lowest BCUT2D eigenvalue weighted by molar-refractivity contribution is 0.0928. The minimum absolute atomic E-state index is 0.0426. The number of anilines is 6. The van der Waals surface area contributed by atoms with Crippen molar-refractivity contribution in [2.24, 2.45) is 0 Å². The first kappa shape index (κ1) is 59.5. The maximum atomic E-state index is 9.73. The molecule has 0 fully saturated rings. The van der Waals surface area contributed by atoms with E-state index < -0.39 is 18.3 Å². The lowest BCUT2D eigenvalue weighted by Crippen LogP contribution is -2.17. The summed E-state index contributed by atoms with van der Waals surface area (Å²) < 4.78 is 19.1. The third-order valence-electron chi connectivity index (χ3n) is 14.1. The van der Waals surface area contributed by atoms with E-state index in [9.17, 15) is 15.3 Å². The number of aliphatic hydroxyl groups excluding tert-OH is 6. The van der Waals surface area contributed by atoms with E-state index in [1.54, 1.807) is 47.1 Å². The number of aryl methyl sites for hydroxylation is 6. The van der Waals surface area contributed by atoms with Gasteiger partial charge in [-0.2, -0.15) is 0 Å². The molecule has 0 radical (unpaired) electrons. The fourth-order valence-electron chi connectivity index (χ4n) is 9.82. The van der Waals surface area contributed by atoms with Gasteiger partial charge in [0.2, 0.25) is 0 Å². The molecule has 24 heteroatoms. The Morgan fingerprint density at radius 2 is 0.917 bits per heavy atom. The molecule has 0 saturated carbocycles. The molecular formula is C60H66N12O9S3. The molecule has 9 heterocycles. The number of fused-ring (bicyclic) bond motifs is 3. The predicted octanol–water partition coefficient (Wildman–Crippen LogP) is 10.4. The summed E-state index contributed by atoms with van der Waals surface area (Å²) in [6.45, 7) is 4.82. The lowest BCUT2D eigenvalue weighted by Gasteiger charge is -2.26. The van der Waals surface area contributed by atoms with Crippen LogP contribution in [0.15, 0.2) is 108 Å². The van der Waals surface area contributed by atoms with Gasteiger partial charge in [-0.05, 0) is 154 Å². The fraction of sp³-hybridized carbons (Fsp3) is 0.350. The van der Waals surface area contributed by atoms with E-state index in [2.05, 4.69) is 72.9 Å². The third kappa shape index (κ3) is 15.0. The van der Waals surface area contributed by atoms with E-state index in [0.717, 1.165) is 85.7 Å². The Hall–Kier alpha value is -7.65. The number of aliphatic hydroxyl groups is 6. The average Bonchev–Trinajstić information content (AvgIpc) is 4.44. The quantitative estimate of drug-likeness (QED) is 0.0386. The first-order valence-corrected chi connectivity index (χ1v) is 30.3. The van der Waals surface area contributed by atoms with Crippen LogP contribution >= 0.6 is 34.0 Å². The number of nitrogens with zero attached hydrogens (tertiary/aromatic N) is 9. The van der Waals surface area contributed by atoms with E-state index >= 15 is 0 Å². The largest absolute Gasteiger partial charge is 0.482 e. The Kier molecular flexibility index (Phi) is 20.0. The molecule has 0 saturated heterocycles. The molecule has 3 aliphatic carbocycles. The van der Waals surface area contributed by atoms with Gasteiger partial charge in [-0.1, -0.05) is 6.07 Å². The second-order valence-corrected chi connectivity index (χ2v) is 23.0. The molecule has 3 aliphatic rings. The molecule has 9 aromatic rings. The minimum atomic E-state index is -0.988. The molecule has 21 nitrogen and oxygen atoms in total. The van der Waals surface area contributed by atoms with Crippen molar-refractivity contribution in [3.05, 3.63) is 175 Å². The summed E-state index contributed by atoms with van der Waals surface area (Å²) in [6.07, 6.45) is 20.4. The molecule has 0 bridgehead atoms. The Morgan fingerprint density at radius 1 is 0.488 bits per heavy atom. The van der Waals surface area contributed by atoms with Gasteiger partial charge in [0.1, 0.15) is 36.6 Å². The number of hydrogen-bond acceptors (Lipinski definition) is 24. The summed E-state index contributed by atoms with van der Waals surface area (Å²) in [5.74, 6) is 3.67. The summed E-state index contributed by atoms with van der Waals surface area (Å²) in [4.78, 5) is 39.4. The van der Waals surface area contributed by atoms with Crippen LogP contribution in [0.3, 0.4) is 0 Å². The number of pyridine rings is 6. The normalized spacial score (nSPS) is 17.0. The Morgan fingerprint density at radius 3 is 1.42 bits per heavy atom. The number of rotatable bonds is 18. The molecule has 0 spiro atoms. The van der Waals surface area contributed by atoms with Crippen LogP contribution in [-0.4, -0.2) is 95.3 Å². The molecule has 6 atom stereocenters. The molecule has 0 aromatic carbocycles. The Bertz CT molecular complexity index is 3260. The number of hydrogen-bond donors (Lipinski definition) is 9. The van der Waals surface area contributed by atoms with E-state index in [4.69, 9.17) is 29.5 Å². The van der Waals surface area contributed by atoms with E-state index in [1.807, 2.05) is 69.7 Å². The van der Waals surface area contributed by atoms with Crippen LogP contribution in [0.2, 0.25) is 0 Å². The second kappa shape index (κ2) is 28.3. The molecular weight excluding hydrogens is 1130 g/mol. The predicted molar refractivity (Wildman–Crippen MR) is 321 cm³/mol. The van der Waals surface area contributed by atoms with Gasteiger partial charge in [0.25, 0.3) is 0 Å². The SMILES string of the molecule is Cc1cnc(Nc2nc(C(O)CO)cs2)c(OC2CCCc3cccnc32)c1.Cc1cnc(Nc2nc(C(O)CO)cs2)c(OC2CCCc3ccncc32)c1.Cc1cnc(Nc2nc(C(O)CO)cs2)c(OC2CCCc3cnccc32)c1. The van der Waals surface area contributed by atoms with Crippen LogP contribution in [0, 0.1) is 20.8 Å². The zero-order valence-electron chi connectivity index (χ0n) is 46.5. The van der Waals surface area contributed by atoms with Gasteiger partial charge in [-0.25, -0.2) is 29.9 Å². The highest BCUT2D eigenvalue weighted by Crippen LogP contribution is 2.41. The zero-order chi connectivity index (χ0) is 58.5. The standard InChI is InChI=1S/3C20H22N4O3S/c1-12-8-17(27-16-6-2-4-13-5-3-7-21-18(13)16)19(22-9-12)24-20-23-14(11-28-20)15(26)10-25;1-12-7-18(27-17-4-2-3-13-9-21-6-5-14(13)17)19(22-8-12)24-20-23-15(11-28-20)16(26)10-25;1-12-7-18(27-17-4-2-3-13-5-6-21-9-14(13)17)19(22-8-12)24-20-23-15(11-28-20)16(26)10-25/h3,5,7-9,11,15-16,25-26H,2,4,6,10H2,1H3,(H,22,23,24);2*5-9,11,16-17,25-26H,2-4,10H2,1H3,(H,22,23,24). The lowest BCUT2D eigenvalue weighted by atomic mass is 9.91. The summed E-state index contributed by atoms with van der Waals surface area (Å²) in [7, 11) is 0. The molecule has 0 amide bonds. The highest BCUT2D eigenvalue weighted by molar-refractivity contribution is 7.14. The first-order chi connectivity index (χ1) is 40.9. The summed E-state index contributed by atoms with van der Waals surface area (Å²) >= 11 is 4.01. The Labute approximate surface area is 497 Å². The van der Waals surface area contributed by atoms with Crippen LogP contribution in [-0.2, 0) is 19.3 Å². The zero-order valence-corrected chi connectivity index (χ0v) is 48.9. The van der Waals surface area contributed by atoms with E-state index in [-0.39, 0.29) is 38.1 Å². The topological polar surface area (TPSA) is 301 Å². The molecule has 12 rings (SSSR count). The van der Waals surface area contributed by atoms with Crippen molar-refractivity contribution in [3.63, 3.8) is 0 Å². The molecule has 0 aliphatic heterocycles. The first-order valence-electron chi connectivity index (χ1n) is 27.6. The number of thiazole rings is 3. The smallest absolute Gasteiger partial charge is 0.188 e. The van der Waals surface area contributed by atoms with Gasteiger partial charge >= 0.3 is 0 Å². The van der Waals surface area contributed by atoms with E-state index in [1.165, 1.54) is 56.3 Å². The molecule has 9 aromatic heterocycles. The summed E-state index contributed by atoms with van der Waals surface area (Å²) in [5, 5.41) is 72.8. The fourth-order valence-corrected chi connectivity index (χ4v) is 12.1. The molecule has 6 unspecified atom stereocenters. The van der Waals surface area contributed by atoms with Crippen LogP contribution in [0.5, 0.6) is 17.2 Å². The monoisotopic (exact) mass is 1190 g/mol. The highest BCUT2D eigenvalue weighted by Gasteiger charge is 2.27. The van der Waals surface area contributed by atoms with Gasteiger partial charge < -0.3 is 60.8 Å². The maximum absolute atomic E-state index is 9.73. The maximum Gasteiger partial charge on any atom is 0.188 e. The van der Waals surface area contributed by atoms with Crippen LogP contribution in [0.1, 0.15) is 142 Å². The summed E-state index contributed by atoms with van der Waals surface area (Å²) in [5.41, 5.74) is 11.3. The van der Waals surface area contributed by atoms with Crippen molar-refractivity contribution in [2.45, 2.75) is 115 Å². The van der Waals surface area contributed by atoms with Crippen LogP contribution in [0.25, 0.3) is 0 Å². The number of aromatic nitrogens is 9. The van der Waals surface area contributed by atoms with Crippen molar-refractivity contribution in [3.8, 4) is 17.2 Å². The molecule has 438 valence electrons. The van der Waals surface area contributed by atoms with Crippen molar-refractivity contribution in [1.82, 2.24) is 44.9 Å². The van der Waals surface area contributed by atoms with Crippen molar-refractivity contribution >= 4 is 66.9 Å². The highest BCUT2D eigenvalue weighted by atomic mass is 32.1. The van der Waals surface area contributed by atoms with Gasteiger partial charge in [-0.3, -0.25) is 15.0 Å². The van der Waals surface area contributed by atoms with Gasteiger partial charge in [0.05, 0.1) is 42.6 Å². The van der Waals surface area contributed by atoms with Crippen molar-refractivity contribution in [1.29, 1.82) is 0 Å².